The molecule has 108 valence electrons. The molecule has 0 saturated carbocycles. The lowest BCUT2D eigenvalue weighted by Gasteiger charge is -2.06. The van der Waals surface area contributed by atoms with E-state index < -0.39 is 10.0 Å². The molecule has 0 unspecified atom stereocenters. The maximum Gasteiger partial charge on any atom is 0.265 e. The summed E-state index contributed by atoms with van der Waals surface area (Å²) >= 11 is 2.16. The molecule has 20 heavy (non-hydrogen) atoms. The van der Waals surface area contributed by atoms with Gasteiger partial charge in [-0.25, -0.2) is 8.42 Å². The molecule has 0 bridgehead atoms. The molecule has 0 saturated heterocycles. The standard InChI is InChI=1S/C12H15IN4O2S/c13-10-2-4-11(5-3-10)16-20(18,19)12-8-15-17(9-12)7-1-6-14/h2-5,8-9,16H,1,6-7,14H2. The lowest BCUT2D eigenvalue weighted by molar-refractivity contribution is 0.582. The van der Waals surface area contributed by atoms with Gasteiger partial charge in [0, 0.05) is 22.0 Å². The summed E-state index contributed by atoms with van der Waals surface area (Å²) in [6.45, 7) is 1.15. The minimum atomic E-state index is -3.60. The number of sulfonamides is 1. The number of anilines is 1. The summed E-state index contributed by atoms with van der Waals surface area (Å²) in [5.74, 6) is 0. The lowest BCUT2D eigenvalue weighted by Crippen LogP contribution is -2.12. The van der Waals surface area contributed by atoms with Crippen LogP contribution in [0.5, 0.6) is 0 Å². The molecule has 0 aliphatic rings. The van der Waals surface area contributed by atoms with Gasteiger partial charge in [-0.2, -0.15) is 5.10 Å². The molecule has 0 aliphatic carbocycles. The maximum absolute atomic E-state index is 12.2. The van der Waals surface area contributed by atoms with Crippen LogP contribution < -0.4 is 10.5 Å². The van der Waals surface area contributed by atoms with Gasteiger partial charge in [-0.1, -0.05) is 0 Å². The van der Waals surface area contributed by atoms with E-state index in [0.29, 0.717) is 18.8 Å². The Morgan fingerprint density at radius 2 is 2.00 bits per heavy atom. The highest BCUT2D eigenvalue weighted by molar-refractivity contribution is 14.1. The third kappa shape index (κ3) is 3.93. The first-order chi connectivity index (χ1) is 9.51. The number of rotatable bonds is 6. The van der Waals surface area contributed by atoms with Gasteiger partial charge in [0.25, 0.3) is 10.0 Å². The van der Waals surface area contributed by atoms with Crippen LogP contribution in [0, 0.1) is 3.57 Å². The fraction of sp³-hybridized carbons (Fsp3) is 0.250. The molecule has 0 amide bonds. The third-order valence-corrected chi connectivity index (χ3v) is 4.66. The van der Waals surface area contributed by atoms with E-state index in [0.717, 1.165) is 9.99 Å². The predicted molar refractivity (Wildman–Crippen MR) is 85.9 cm³/mol. The van der Waals surface area contributed by atoms with E-state index in [-0.39, 0.29) is 4.90 Å². The Morgan fingerprint density at radius 3 is 2.65 bits per heavy atom. The zero-order valence-electron chi connectivity index (χ0n) is 10.7. The van der Waals surface area contributed by atoms with Crippen molar-refractivity contribution in [1.82, 2.24) is 9.78 Å². The van der Waals surface area contributed by atoms with Gasteiger partial charge in [0.05, 0.1) is 6.20 Å². The van der Waals surface area contributed by atoms with Gasteiger partial charge < -0.3 is 5.73 Å². The van der Waals surface area contributed by atoms with E-state index in [2.05, 4.69) is 32.4 Å². The number of hydrogen-bond donors (Lipinski definition) is 2. The fourth-order valence-electron chi connectivity index (χ4n) is 1.59. The summed E-state index contributed by atoms with van der Waals surface area (Å²) in [6.07, 6.45) is 3.60. The van der Waals surface area contributed by atoms with Crippen molar-refractivity contribution in [2.45, 2.75) is 17.9 Å². The molecule has 8 heteroatoms. The second kappa shape index (κ2) is 6.55. The van der Waals surface area contributed by atoms with Crippen LogP contribution in [-0.4, -0.2) is 24.7 Å². The van der Waals surface area contributed by atoms with Crippen LogP contribution in [0.1, 0.15) is 6.42 Å². The number of aryl methyl sites for hydroxylation is 1. The van der Waals surface area contributed by atoms with E-state index in [1.165, 1.54) is 12.4 Å². The molecule has 3 N–H and O–H groups in total. The molecule has 2 aromatic rings. The number of halogens is 1. The minimum Gasteiger partial charge on any atom is -0.330 e. The molecular formula is C12H15IN4O2S. The highest BCUT2D eigenvalue weighted by Crippen LogP contribution is 2.16. The summed E-state index contributed by atoms with van der Waals surface area (Å²) in [6, 6.07) is 7.11. The predicted octanol–water partition coefficient (Wildman–Crippen LogP) is 1.64. The Hall–Kier alpha value is -1.13. The van der Waals surface area contributed by atoms with Gasteiger partial charge in [0.15, 0.2) is 0 Å². The summed E-state index contributed by atoms with van der Waals surface area (Å²) in [7, 11) is -3.60. The maximum atomic E-state index is 12.2. The van der Waals surface area contributed by atoms with Crippen LogP contribution in [0.15, 0.2) is 41.6 Å². The van der Waals surface area contributed by atoms with E-state index in [4.69, 9.17) is 5.73 Å². The molecule has 0 aliphatic heterocycles. The Bertz CT molecular complexity index is 667. The van der Waals surface area contributed by atoms with Crippen molar-refractivity contribution in [3.63, 3.8) is 0 Å². The summed E-state index contributed by atoms with van der Waals surface area (Å²) in [5.41, 5.74) is 5.94. The van der Waals surface area contributed by atoms with Crippen molar-refractivity contribution >= 4 is 38.3 Å². The van der Waals surface area contributed by atoms with Gasteiger partial charge >= 0.3 is 0 Å². The van der Waals surface area contributed by atoms with Crippen molar-refractivity contribution in [3.8, 4) is 0 Å². The van der Waals surface area contributed by atoms with E-state index in [1.807, 2.05) is 12.1 Å². The van der Waals surface area contributed by atoms with Crippen molar-refractivity contribution in [1.29, 1.82) is 0 Å². The van der Waals surface area contributed by atoms with Crippen molar-refractivity contribution < 1.29 is 8.42 Å². The topological polar surface area (TPSA) is 90.0 Å². The van der Waals surface area contributed by atoms with Crippen molar-refractivity contribution in [2.24, 2.45) is 5.73 Å². The molecule has 1 aromatic carbocycles. The van der Waals surface area contributed by atoms with E-state index in [1.54, 1.807) is 16.8 Å². The lowest BCUT2D eigenvalue weighted by atomic mass is 10.3. The highest BCUT2D eigenvalue weighted by Gasteiger charge is 2.16. The summed E-state index contributed by atoms with van der Waals surface area (Å²) in [5, 5.41) is 4.02. The molecule has 2 rings (SSSR count). The van der Waals surface area contributed by atoms with Crippen LogP contribution in [0.3, 0.4) is 0 Å². The Kier molecular flexibility index (Phi) is 5.00. The fourth-order valence-corrected chi connectivity index (χ4v) is 2.96. The Labute approximate surface area is 131 Å². The monoisotopic (exact) mass is 406 g/mol. The molecule has 6 nitrogen and oxygen atoms in total. The SMILES string of the molecule is NCCCn1cc(S(=O)(=O)Nc2ccc(I)cc2)cn1. The smallest absolute Gasteiger partial charge is 0.265 e. The number of nitrogens with two attached hydrogens (primary N) is 1. The van der Waals surface area contributed by atoms with Crippen LogP contribution in [0.25, 0.3) is 0 Å². The van der Waals surface area contributed by atoms with Gasteiger partial charge in [-0.3, -0.25) is 9.40 Å². The quantitative estimate of drug-likeness (QED) is 0.714. The molecule has 0 radical (unpaired) electrons. The average molecular weight is 406 g/mol. The van der Waals surface area contributed by atoms with Gasteiger partial charge in [-0.05, 0) is 59.8 Å². The number of nitrogens with one attached hydrogen (secondary N) is 1. The van der Waals surface area contributed by atoms with Crippen LogP contribution in [0.4, 0.5) is 5.69 Å². The zero-order chi connectivity index (χ0) is 14.6. The van der Waals surface area contributed by atoms with Crippen LogP contribution in [0.2, 0.25) is 0 Å². The van der Waals surface area contributed by atoms with Crippen molar-refractivity contribution in [2.75, 3.05) is 11.3 Å². The third-order valence-electron chi connectivity index (χ3n) is 2.61. The van der Waals surface area contributed by atoms with Crippen LogP contribution in [-0.2, 0) is 16.6 Å². The average Bonchev–Trinajstić information content (AvgIpc) is 2.88. The second-order valence-electron chi connectivity index (χ2n) is 4.19. The molecule has 1 heterocycles. The van der Waals surface area contributed by atoms with E-state index in [9.17, 15) is 8.42 Å². The van der Waals surface area contributed by atoms with Crippen LogP contribution >= 0.6 is 22.6 Å². The number of nitrogens with zero attached hydrogens (tertiary/aromatic N) is 2. The number of aromatic nitrogens is 2. The Morgan fingerprint density at radius 1 is 1.30 bits per heavy atom. The molecule has 1 aromatic heterocycles. The summed E-state index contributed by atoms with van der Waals surface area (Å²) in [4.78, 5) is 0.146. The van der Waals surface area contributed by atoms with E-state index >= 15 is 0 Å². The first-order valence-corrected chi connectivity index (χ1v) is 8.58. The number of hydrogen-bond acceptors (Lipinski definition) is 4. The van der Waals surface area contributed by atoms with Gasteiger partial charge in [-0.15, -0.1) is 0 Å². The zero-order valence-corrected chi connectivity index (χ0v) is 13.6. The molecular weight excluding hydrogens is 391 g/mol. The van der Waals surface area contributed by atoms with Crippen molar-refractivity contribution in [3.05, 3.63) is 40.2 Å². The minimum absolute atomic E-state index is 0.146. The first kappa shape index (κ1) is 15.3. The number of benzene rings is 1. The first-order valence-electron chi connectivity index (χ1n) is 6.02. The van der Waals surface area contributed by atoms with Gasteiger partial charge in [0.2, 0.25) is 0 Å². The normalized spacial score (nSPS) is 11.5. The summed E-state index contributed by atoms with van der Waals surface area (Å²) < 4.78 is 29.5. The Balaban J connectivity index is 2.13. The second-order valence-corrected chi connectivity index (χ2v) is 7.12. The highest BCUT2D eigenvalue weighted by atomic mass is 127. The molecule has 0 atom stereocenters. The molecule has 0 spiro atoms. The molecule has 0 fully saturated rings. The van der Waals surface area contributed by atoms with Gasteiger partial charge in [0.1, 0.15) is 4.90 Å². The largest absolute Gasteiger partial charge is 0.330 e.